The molecule has 1 aliphatic heterocycles. The third kappa shape index (κ3) is 4.50. The van der Waals surface area contributed by atoms with Crippen LogP contribution in [0.5, 0.6) is 5.75 Å². The van der Waals surface area contributed by atoms with Crippen LogP contribution in [-0.2, 0) is 17.6 Å². The van der Waals surface area contributed by atoms with Crippen LogP contribution in [0.3, 0.4) is 0 Å². The number of ether oxygens (including phenoxy) is 2. The van der Waals surface area contributed by atoms with Crippen molar-refractivity contribution in [2.24, 2.45) is 0 Å². The lowest BCUT2D eigenvalue weighted by Crippen LogP contribution is -2.29. The monoisotopic (exact) mass is 365 g/mol. The number of hydrogen-bond donors (Lipinski definition) is 1. The van der Waals surface area contributed by atoms with Crippen molar-refractivity contribution in [2.75, 3.05) is 7.11 Å². The van der Waals surface area contributed by atoms with Crippen LogP contribution in [-0.4, -0.2) is 24.4 Å². The number of hydrogen-bond acceptors (Lipinski definition) is 4. The Kier molecular flexibility index (Phi) is 6.15. The lowest BCUT2D eigenvalue weighted by atomic mass is 9.91. The van der Waals surface area contributed by atoms with Crippen molar-refractivity contribution in [2.45, 2.75) is 57.8 Å². The van der Waals surface area contributed by atoms with Gasteiger partial charge in [-0.2, -0.15) is 5.26 Å². The van der Waals surface area contributed by atoms with Crippen LogP contribution < -0.4 is 4.74 Å². The van der Waals surface area contributed by atoms with E-state index in [1.807, 2.05) is 13.0 Å². The number of rotatable bonds is 5. The van der Waals surface area contributed by atoms with Gasteiger partial charge >= 0.3 is 0 Å². The zero-order valence-corrected chi connectivity index (χ0v) is 16.2. The average Bonchev–Trinajstić information content (AvgIpc) is 2.67. The summed E-state index contributed by atoms with van der Waals surface area (Å²) >= 11 is 0. The highest BCUT2D eigenvalue weighted by Gasteiger charge is 2.29. The van der Waals surface area contributed by atoms with Gasteiger partial charge in [-0.15, -0.1) is 0 Å². The molecule has 27 heavy (non-hydrogen) atoms. The highest BCUT2D eigenvalue weighted by molar-refractivity contribution is 5.50. The molecule has 0 bridgehead atoms. The Morgan fingerprint density at radius 3 is 2.48 bits per heavy atom. The summed E-state index contributed by atoms with van der Waals surface area (Å²) in [5.74, 6) is 0.642. The molecule has 0 spiro atoms. The second-order valence-electron chi connectivity index (χ2n) is 7.27. The Labute approximate surface area is 161 Å². The predicted octanol–water partition coefficient (Wildman–Crippen LogP) is 4.32. The van der Waals surface area contributed by atoms with Crippen molar-refractivity contribution >= 4 is 0 Å². The number of methoxy groups -OCH3 is 1. The minimum absolute atomic E-state index is 0.0101. The SMILES string of the molecule is CCc1ccc(Cc2cc(C3CC(O)CC(C)O3)c(OC)cc2C#N)cc1. The van der Waals surface area contributed by atoms with Crippen LogP contribution in [0, 0.1) is 11.3 Å². The second kappa shape index (κ2) is 8.56. The third-order valence-corrected chi connectivity index (χ3v) is 5.24. The van der Waals surface area contributed by atoms with Crippen LogP contribution in [0.25, 0.3) is 0 Å². The van der Waals surface area contributed by atoms with Crippen molar-refractivity contribution in [3.05, 3.63) is 64.2 Å². The van der Waals surface area contributed by atoms with Crippen molar-refractivity contribution in [3.8, 4) is 11.8 Å². The zero-order valence-electron chi connectivity index (χ0n) is 16.2. The smallest absolute Gasteiger partial charge is 0.126 e. The Hall–Kier alpha value is -2.35. The molecule has 3 atom stereocenters. The summed E-state index contributed by atoms with van der Waals surface area (Å²) in [5, 5.41) is 19.8. The van der Waals surface area contributed by atoms with Gasteiger partial charge in [0, 0.05) is 12.0 Å². The van der Waals surface area contributed by atoms with E-state index in [1.54, 1.807) is 13.2 Å². The summed E-state index contributed by atoms with van der Waals surface area (Å²) < 4.78 is 11.6. The first kappa shape index (κ1) is 19.4. The fourth-order valence-electron chi connectivity index (χ4n) is 3.75. The van der Waals surface area contributed by atoms with Crippen molar-refractivity contribution < 1.29 is 14.6 Å². The number of benzene rings is 2. The van der Waals surface area contributed by atoms with Gasteiger partial charge < -0.3 is 14.6 Å². The minimum Gasteiger partial charge on any atom is -0.496 e. The van der Waals surface area contributed by atoms with E-state index in [-0.39, 0.29) is 18.3 Å². The van der Waals surface area contributed by atoms with E-state index in [9.17, 15) is 10.4 Å². The molecule has 3 rings (SSSR count). The highest BCUT2D eigenvalue weighted by atomic mass is 16.5. The molecule has 0 aliphatic carbocycles. The maximum Gasteiger partial charge on any atom is 0.126 e. The molecule has 2 aromatic rings. The number of aliphatic hydroxyl groups is 1. The average molecular weight is 365 g/mol. The van der Waals surface area contributed by atoms with Gasteiger partial charge in [-0.1, -0.05) is 31.2 Å². The maximum absolute atomic E-state index is 10.2. The van der Waals surface area contributed by atoms with Crippen LogP contribution in [0.15, 0.2) is 36.4 Å². The molecule has 0 aromatic heterocycles. The Morgan fingerprint density at radius 2 is 1.89 bits per heavy atom. The first-order chi connectivity index (χ1) is 13.0. The van der Waals surface area contributed by atoms with Crippen molar-refractivity contribution in [1.29, 1.82) is 5.26 Å². The van der Waals surface area contributed by atoms with Crippen LogP contribution in [0.1, 0.15) is 60.6 Å². The molecule has 0 amide bonds. The summed E-state index contributed by atoms with van der Waals surface area (Å²) in [6, 6.07) is 14.6. The second-order valence-corrected chi connectivity index (χ2v) is 7.27. The summed E-state index contributed by atoms with van der Waals surface area (Å²) in [6.45, 7) is 4.11. The number of nitrogens with zero attached hydrogens (tertiary/aromatic N) is 1. The molecular weight excluding hydrogens is 338 g/mol. The molecule has 4 heteroatoms. The van der Waals surface area contributed by atoms with Gasteiger partial charge in [0.2, 0.25) is 0 Å². The van der Waals surface area contributed by atoms with E-state index in [2.05, 4.69) is 37.3 Å². The third-order valence-electron chi connectivity index (χ3n) is 5.24. The molecule has 1 aliphatic rings. The highest BCUT2D eigenvalue weighted by Crippen LogP contribution is 2.38. The Balaban J connectivity index is 1.96. The van der Waals surface area contributed by atoms with E-state index in [0.29, 0.717) is 30.6 Å². The molecular formula is C23H27NO3. The van der Waals surface area contributed by atoms with Gasteiger partial charge in [-0.3, -0.25) is 0 Å². The van der Waals surface area contributed by atoms with E-state index in [1.165, 1.54) is 5.56 Å². The molecule has 1 saturated heterocycles. The van der Waals surface area contributed by atoms with Gasteiger partial charge in [0.15, 0.2) is 0 Å². The number of aryl methyl sites for hydroxylation is 1. The van der Waals surface area contributed by atoms with E-state index in [4.69, 9.17) is 9.47 Å². The molecule has 4 nitrogen and oxygen atoms in total. The largest absolute Gasteiger partial charge is 0.496 e. The maximum atomic E-state index is 10.2. The lowest BCUT2D eigenvalue weighted by molar-refractivity contribution is -0.0901. The van der Waals surface area contributed by atoms with E-state index in [0.717, 1.165) is 23.1 Å². The lowest BCUT2D eigenvalue weighted by Gasteiger charge is -2.32. The number of aliphatic hydroxyl groups excluding tert-OH is 1. The predicted molar refractivity (Wildman–Crippen MR) is 105 cm³/mol. The summed E-state index contributed by atoms with van der Waals surface area (Å²) in [7, 11) is 1.60. The minimum atomic E-state index is -0.385. The van der Waals surface area contributed by atoms with Gasteiger partial charge in [0.05, 0.1) is 37.1 Å². The summed E-state index contributed by atoms with van der Waals surface area (Å²) in [6.07, 6.45) is 2.24. The summed E-state index contributed by atoms with van der Waals surface area (Å²) in [4.78, 5) is 0. The molecule has 0 saturated carbocycles. The Bertz CT molecular complexity index is 813. The van der Waals surface area contributed by atoms with E-state index >= 15 is 0 Å². The normalized spacial score (nSPS) is 22.3. The van der Waals surface area contributed by atoms with Crippen molar-refractivity contribution in [1.82, 2.24) is 0 Å². The molecule has 1 N–H and O–H groups in total. The Morgan fingerprint density at radius 1 is 1.19 bits per heavy atom. The van der Waals surface area contributed by atoms with Gasteiger partial charge in [-0.05, 0) is 55.0 Å². The molecule has 1 fully saturated rings. The fourth-order valence-corrected chi connectivity index (χ4v) is 3.75. The molecule has 2 aromatic carbocycles. The van der Waals surface area contributed by atoms with Gasteiger partial charge in [0.1, 0.15) is 5.75 Å². The van der Waals surface area contributed by atoms with Crippen LogP contribution in [0.4, 0.5) is 0 Å². The quantitative estimate of drug-likeness (QED) is 0.857. The van der Waals surface area contributed by atoms with E-state index < -0.39 is 0 Å². The van der Waals surface area contributed by atoms with Crippen LogP contribution in [0.2, 0.25) is 0 Å². The first-order valence-corrected chi connectivity index (χ1v) is 9.56. The van der Waals surface area contributed by atoms with Crippen LogP contribution >= 0.6 is 0 Å². The molecule has 142 valence electrons. The van der Waals surface area contributed by atoms with Gasteiger partial charge in [-0.25, -0.2) is 0 Å². The summed E-state index contributed by atoms with van der Waals surface area (Å²) in [5.41, 5.74) is 4.93. The molecule has 1 heterocycles. The first-order valence-electron chi connectivity index (χ1n) is 9.56. The van der Waals surface area contributed by atoms with Crippen molar-refractivity contribution in [3.63, 3.8) is 0 Å². The zero-order chi connectivity index (χ0) is 19.4. The molecule has 0 radical (unpaired) electrons. The fraction of sp³-hybridized carbons (Fsp3) is 0.435. The standard InChI is InChI=1S/C23H27NO3/c1-4-16-5-7-17(8-6-16)10-18-11-21(22(26-3)12-19(18)14-24)23-13-20(25)9-15(2)27-23/h5-8,11-12,15,20,23,25H,4,9-10,13H2,1-3H3. The van der Waals surface area contributed by atoms with Gasteiger partial charge in [0.25, 0.3) is 0 Å². The molecule has 3 unspecified atom stereocenters. The topological polar surface area (TPSA) is 62.5 Å². The number of nitriles is 1.